The van der Waals surface area contributed by atoms with Crippen LogP contribution in [0.5, 0.6) is 0 Å². The van der Waals surface area contributed by atoms with Crippen LogP contribution in [0.1, 0.15) is 11.3 Å². The Morgan fingerprint density at radius 1 is 1.24 bits per heavy atom. The van der Waals surface area contributed by atoms with Crippen molar-refractivity contribution in [1.82, 2.24) is 0 Å². The van der Waals surface area contributed by atoms with E-state index in [-0.39, 0.29) is 5.82 Å². The van der Waals surface area contributed by atoms with Crippen LogP contribution in [0, 0.1) is 12.7 Å². The van der Waals surface area contributed by atoms with Crippen LogP contribution < -0.4 is 10.2 Å². The second-order valence-electron chi connectivity index (χ2n) is 5.18. The number of rotatable bonds is 4. The van der Waals surface area contributed by atoms with Gasteiger partial charge >= 0.3 is 0 Å². The van der Waals surface area contributed by atoms with Crippen LogP contribution in [0.25, 0.3) is 0 Å². The lowest BCUT2D eigenvalue weighted by Crippen LogP contribution is -2.36. The summed E-state index contributed by atoms with van der Waals surface area (Å²) in [5, 5.41) is 3.22. The molecule has 4 nitrogen and oxygen atoms in total. The van der Waals surface area contributed by atoms with Crippen molar-refractivity contribution in [2.75, 3.05) is 36.5 Å². The van der Waals surface area contributed by atoms with Crippen molar-refractivity contribution >= 4 is 11.4 Å². The molecular weight excluding hydrogens is 271 g/mol. The van der Waals surface area contributed by atoms with Crippen LogP contribution in [0.4, 0.5) is 15.8 Å². The smallest absolute Gasteiger partial charge is 0.127 e. The molecule has 1 aliphatic rings. The number of nitrogens with one attached hydrogen (secondary N) is 1. The van der Waals surface area contributed by atoms with Gasteiger partial charge in [-0.1, -0.05) is 0 Å². The van der Waals surface area contributed by atoms with E-state index >= 15 is 0 Å². The SMILES string of the molecule is Cc1ccoc1CNc1cc(F)cc(N2CCOCC2)c1. The van der Waals surface area contributed by atoms with Crippen LogP contribution in [0.2, 0.25) is 0 Å². The van der Waals surface area contributed by atoms with E-state index in [1.165, 1.54) is 6.07 Å². The third-order valence-corrected chi connectivity index (χ3v) is 3.68. The number of hydrogen-bond acceptors (Lipinski definition) is 4. The first-order valence-corrected chi connectivity index (χ1v) is 7.12. The lowest BCUT2D eigenvalue weighted by atomic mass is 10.2. The number of nitrogens with zero attached hydrogens (tertiary/aromatic N) is 1. The van der Waals surface area contributed by atoms with Gasteiger partial charge in [-0.2, -0.15) is 0 Å². The van der Waals surface area contributed by atoms with Crippen molar-refractivity contribution in [2.45, 2.75) is 13.5 Å². The molecule has 0 unspecified atom stereocenters. The molecule has 1 aromatic heterocycles. The maximum atomic E-state index is 13.8. The van der Waals surface area contributed by atoms with Gasteiger partial charge in [0.05, 0.1) is 26.0 Å². The molecule has 1 aliphatic heterocycles. The molecule has 5 heteroatoms. The maximum absolute atomic E-state index is 13.8. The number of ether oxygens (including phenoxy) is 1. The van der Waals surface area contributed by atoms with E-state index in [2.05, 4.69) is 10.2 Å². The Hall–Kier alpha value is -2.01. The largest absolute Gasteiger partial charge is 0.467 e. The molecule has 0 spiro atoms. The van der Waals surface area contributed by atoms with Crippen molar-refractivity contribution in [1.29, 1.82) is 0 Å². The van der Waals surface area contributed by atoms with Crippen molar-refractivity contribution < 1.29 is 13.5 Å². The second kappa shape index (κ2) is 6.18. The summed E-state index contributed by atoms with van der Waals surface area (Å²) in [6.45, 7) is 5.49. The number of morpholine rings is 1. The first kappa shape index (κ1) is 13.9. The number of halogens is 1. The fraction of sp³-hybridized carbons (Fsp3) is 0.375. The average Bonchev–Trinajstić information content (AvgIpc) is 2.91. The van der Waals surface area contributed by atoms with E-state index in [0.717, 1.165) is 35.8 Å². The molecule has 2 aromatic rings. The maximum Gasteiger partial charge on any atom is 0.127 e. The van der Waals surface area contributed by atoms with E-state index < -0.39 is 0 Å². The van der Waals surface area contributed by atoms with Crippen LogP contribution in [-0.4, -0.2) is 26.3 Å². The highest BCUT2D eigenvalue weighted by Crippen LogP contribution is 2.23. The first-order chi connectivity index (χ1) is 10.2. The van der Waals surface area contributed by atoms with E-state index in [0.29, 0.717) is 19.8 Å². The minimum Gasteiger partial charge on any atom is -0.467 e. The van der Waals surface area contributed by atoms with Gasteiger partial charge < -0.3 is 19.4 Å². The molecule has 0 aliphatic carbocycles. The van der Waals surface area contributed by atoms with Crippen molar-refractivity contribution in [3.63, 3.8) is 0 Å². The molecule has 2 heterocycles. The molecule has 1 N–H and O–H groups in total. The molecular formula is C16H19FN2O2. The molecule has 0 saturated carbocycles. The fourth-order valence-electron chi connectivity index (χ4n) is 2.45. The molecule has 0 atom stereocenters. The Labute approximate surface area is 123 Å². The van der Waals surface area contributed by atoms with Crippen LogP contribution in [0.15, 0.2) is 34.9 Å². The highest BCUT2D eigenvalue weighted by atomic mass is 19.1. The van der Waals surface area contributed by atoms with Crippen LogP contribution in [-0.2, 0) is 11.3 Å². The predicted molar refractivity (Wildman–Crippen MR) is 80.2 cm³/mol. The van der Waals surface area contributed by atoms with Gasteiger partial charge in [-0.3, -0.25) is 0 Å². The van der Waals surface area contributed by atoms with Gasteiger partial charge in [-0.05, 0) is 36.8 Å². The molecule has 0 bridgehead atoms. The Morgan fingerprint density at radius 3 is 2.76 bits per heavy atom. The van der Waals surface area contributed by atoms with Gasteiger partial charge in [0, 0.05) is 24.5 Å². The number of aryl methyl sites for hydroxylation is 1. The minimum atomic E-state index is -0.238. The first-order valence-electron chi connectivity index (χ1n) is 7.12. The van der Waals surface area contributed by atoms with Crippen molar-refractivity contribution in [2.24, 2.45) is 0 Å². The fourth-order valence-corrected chi connectivity index (χ4v) is 2.45. The molecule has 0 amide bonds. The highest BCUT2D eigenvalue weighted by Gasteiger charge is 2.13. The zero-order chi connectivity index (χ0) is 14.7. The predicted octanol–water partition coefficient (Wildman–Crippen LogP) is 3.18. The van der Waals surface area contributed by atoms with Gasteiger partial charge in [0.2, 0.25) is 0 Å². The van der Waals surface area contributed by atoms with Crippen LogP contribution >= 0.6 is 0 Å². The zero-order valence-electron chi connectivity index (χ0n) is 12.1. The van der Waals surface area contributed by atoms with Gasteiger partial charge in [-0.15, -0.1) is 0 Å². The highest BCUT2D eigenvalue weighted by molar-refractivity contribution is 5.58. The standard InChI is InChI=1S/C16H19FN2O2/c1-12-2-5-21-16(12)11-18-14-8-13(17)9-15(10-14)19-3-6-20-7-4-19/h2,5,8-10,18H,3-4,6-7,11H2,1H3. The second-order valence-corrected chi connectivity index (χ2v) is 5.18. The summed E-state index contributed by atoms with van der Waals surface area (Å²) in [5.74, 6) is 0.629. The molecule has 1 aromatic carbocycles. The third kappa shape index (κ3) is 3.36. The monoisotopic (exact) mass is 290 g/mol. The van der Waals surface area contributed by atoms with Crippen molar-refractivity contribution in [3.8, 4) is 0 Å². The summed E-state index contributed by atoms with van der Waals surface area (Å²) in [5.41, 5.74) is 2.73. The van der Waals surface area contributed by atoms with E-state index in [4.69, 9.17) is 9.15 Å². The molecule has 1 saturated heterocycles. The Kier molecular flexibility index (Phi) is 4.10. The normalized spacial score (nSPS) is 15.2. The summed E-state index contributed by atoms with van der Waals surface area (Å²) < 4.78 is 24.5. The lowest BCUT2D eigenvalue weighted by molar-refractivity contribution is 0.122. The quantitative estimate of drug-likeness (QED) is 0.938. The number of hydrogen-bond donors (Lipinski definition) is 1. The Morgan fingerprint density at radius 2 is 2.05 bits per heavy atom. The summed E-state index contributed by atoms with van der Waals surface area (Å²) in [7, 11) is 0. The number of furan rings is 1. The third-order valence-electron chi connectivity index (χ3n) is 3.68. The van der Waals surface area contributed by atoms with Crippen LogP contribution in [0.3, 0.4) is 0 Å². The summed E-state index contributed by atoms with van der Waals surface area (Å²) in [4.78, 5) is 2.13. The Balaban J connectivity index is 1.73. The lowest BCUT2D eigenvalue weighted by Gasteiger charge is -2.29. The topological polar surface area (TPSA) is 37.6 Å². The Bertz CT molecular complexity index is 606. The molecule has 112 valence electrons. The molecule has 1 fully saturated rings. The average molecular weight is 290 g/mol. The van der Waals surface area contributed by atoms with Gasteiger partial charge in [-0.25, -0.2) is 4.39 Å². The minimum absolute atomic E-state index is 0.238. The van der Waals surface area contributed by atoms with E-state index in [9.17, 15) is 4.39 Å². The zero-order valence-corrected chi connectivity index (χ0v) is 12.1. The number of anilines is 2. The van der Waals surface area contributed by atoms with Crippen molar-refractivity contribution in [3.05, 3.63) is 47.7 Å². The van der Waals surface area contributed by atoms with E-state index in [1.807, 2.05) is 19.1 Å². The van der Waals surface area contributed by atoms with E-state index in [1.54, 1.807) is 12.3 Å². The van der Waals surface area contributed by atoms with Gasteiger partial charge in [0.1, 0.15) is 11.6 Å². The molecule has 0 radical (unpaired) electrons. The van der Waals surface area contributed by atoms with Gasteiger partial charge in [0.15, 0.2) is 0 Å². The summed E-state index contributed by atoms with van der Waals surface area (Å²) in [6.07, 6.45) is 1.66. The van der Waals surface area contributed by atoms with Gasteiger partial charge in [0.25, 0.3) is 0 Å². The molecule has 21 heavy (non-hydrogen) atoms. The summed E-state index contributed by atoms with van der Waals surface area (Å²) in [6, 6.07) is 6.95. The summed E-state index contributed by atoms with van der Waals surface area (Å²) >= 11 is 0. The number of benzene rings is 1. The molecule has 3 rings (SSSR count).